The molecule has 0 aliphatic rings. The van der Waals surface area contributed by atoms with Crippen LogP contribution in [0.4, 0.5) is 0 Å². The SMILES string of the molecule is CCCCCCCc1ccccc1OOC(C)(OC)OC. The first-order valence-electron chi connectivity index (χ1n) is 7.69. The number of hydrogen-bond donors (Lipinski definition) is 0. The number of methoxy groups -OCH3 is 2. The van der Waals surface area contributed by atoms with E-state index in [1.807, 2.05) is 18.2 Å². The molecular formula is C17H28O4. The maximum atomic E-state index is 5.41. The third-order valence-corrected chi connectivity index (χ3v) is 3.55. The maximum Gasteiger partial charge on any atom is 0.319 e. The fourth-order valence-electron chi connectivity index (χ4n) is 1.98. The van der Waals surface area contributed by atoms with E-state index in [4.69, 9.17) is 19.2 Å². The lowest BCUT2D eigenvalue weighted by atomic mass is 10.0. The fourth-order valence-corrected chi connectivity index (χ4v) is 1.98. The van der Waals surface area contributed by atoms with Crippen LogP contribution >= 0.6 is 0 Å². The van der Waals surface area contributed by atoms with E-state index in [1.54, 1.807) is 6.92 Å². The quantitative estimate of drug-likeness (QED) is 0.261. The standard InChI is InChI=1S/C17H28O4/c1-5-6-7-8-9-12-15-13-10-11-14-16(15)20-21-17(2,18-3)19-4/h10-11,13-14H,5-9,12H2,1-4H3. The van der Waals surface area contributed by atoms with Crippen LogP contribution < -0.4 is 4.89 Å². The van der Waals surface area contributed by atoms with Crippen molar-refractivity contribution in [2.45, 2.75) is 58.3 Å². The first kappa shape index (κ1) is 18.0. The molecule has 0 heterocycles. The molecule has 0 bridgehead atoms. The molecule has 0 atom stereocenters. The Balaban J connectivity index is 2.50. The van der Waals surface area contributed by atoms with Gasteiger partial charge in [0, 0.05) is 21.1 Å². The molecule has 0 unspecified atom stereocenters. The lowest BCUT2D eigenvalue weighted by molar-refractivity contribution is -0.455. The van der Waals surface area contributed by atoms with Crippen LogP contribution in [0.25, 0.3) is 0 Å². The van der Waals surface area contributed by atoms with Gasteiger partial charge < -0.3 is 14.4 Å². The number of aryl methyl sites for hydroxylation is 1. The van der Waals surface area contributed by atoms with Crippen LogP contribution in [-0.4, -0.2) is 20.2 Å². The molecule has 0 spiro atoms. The van der Waals surface area contributed by atoms with E-state index in [2.05, 4.69) is 13.0 Å². The van der Waals surface area contributed by atoms with Crippen molar-refractivity contribution in [1.82, 2.24) is 0 Å². The molecule has 0 aliphatic heterocycles. The van der Waals surface area contributed by atoms with Gasteiger partial charge in [-0.15, -0.1) is 4.89 Å². The average molecular weight is 296 g/mol. The number of rotatable bonds is 11. The predicted molar refractivity (Wildman–Crippen MR) is 83.0 cm³/mol. The minimum atomic E-state index is -1.20. The van der Waals surface area contributed by atoms with E-state index in [9.17, 15) is 0 Å². The second-order valence-corrected chi connectivity index (χ2v) is 5.21. The van der Waals surface area contributed by atoms with Crippen LogP contribution in [0.1, 0.15) is 51.5 Å². The molecule has 1 rings (SSSR count). The van der Waals surface area contributed by atoms with Crippen LogP contribution in [-0.2, 0) is 20.8 Å². The molecule has 4 nitrogen and oxygen atoms in total. The van der Waals surface area contributed by atoms with Crippen molar-refractivity contribution >= 4 is 0 Å². The monoisotopic (exact) mass is 296 g/mol. The van der Waals surface area contributed by atoms with Gasteiger partial charge in [0.05, 0.1) is 0 Å². The average Bonchev–Trinajstić information content (AvgIpc) is 2.53. The van der Waals surface area contributed by atoms with Gasteiger partial charge in [0.15, 0.2) is 5.75 Å². The van der Waals surface area contributed by atoms with E-state index >= 15 is 0 Å². The van der Waals surface area contributed by atoms with Gasteiger partial charge >= 0.3 is 5.97 Å². The number of unbranched alkanes of at least 4 members (excludes halogenated alkanes) is 4. The van der Waals surface area contributed by atoms with Crippen LogP contribution in [0.3, 0.4) is 0 Å². The zero-order valence-corrected chi connectivity index (χ0v) is 13.7. The summed E-state index contributed by atoms with van der Waals surface area (Å²) in [6.45, 7) is 3.88. The smallest absolute Gasteiger partial charge is 0.319 e. The van der Waals surface area contributed by atoms with E-state index in [1.165, 1.54) is 39.9 Å². The summed E-state index contributed by atoms with van der Waals surface area (Å²) < 4.78 is 10.2. The molecule has 120 valence electrons. The number of para-hydroxylation sites is 1. The lowest BCUT2D eigenvalue weighted by Crippen LogP contribution is -2.34. The summed E-state index contributed by atoms with van der Waals surface area (Å²) in [6.07, 6.45) is 7.26. The van der Waals surface area contributed by atoms with Crippen molar-refractivity contribution in [3.05, 3.63) is 29.8 Å². The van der Waals surface area contributed by atoms with Gasteiger partial charge in [-0.2, -0.15) is 0 Å². The minimum absolute atomic E-state index is 0.716. The molecule has 0 N–H and O–H groups in total. The molecule has 0 radical (unpaired) electrons. The first-order valence-corrected chi connectivity index (χ1v) is 7.69. The number of benzene rings is 1. The summed E-state index contributed by atoms with van der Waals surface area (Å²) in [4.78, 5) is 10.7. The molecule has 0 saturated heterocycles. The Kier molecular flexibility index (Phi) is 8.35. The zero-order valence-electron chi connectivity index (χ0n) is 13.7. The largest absolute Gasteiger partial charge is 0.332 e. The Hall–Kier alpha value is -1.10. The Labute approximate surface area is 128 Å². The van der Waals surface area contributed by atoms with Gasteiger partial charge in [-0.1, -0.05) is 50.8 Å². The van der Waals surface area contributed by atoms with Crippen molar-refractivity contribution in [1.29, 1.82) is 0 Å². The zero-order chi connectivity index (χ0) is 15.6. The third-order valence-electron chi connectivity index (χ3n) is 3.55. The molecule has 0 amide bonds. The highest BCUT2D eigenvalue weighted by Gasteiger charge is 2.26. The van der Waals surface area contributed by atoms with Gasteiger partial charge in [0.2, 0.25) is 0 Å². The van der Waals surface area contributed by atoms with Crippen LogP contribution in [0.15, 0.2) is 24.3 Å². The van der Waals surface area contributed by atoms with Gasteiger partial charge in [0.1, 0.15) is 0 Å². The van der Waals surface area contributed by atoms with Crippen molar-refractivity contribution in [3.8, 4) is 5.75 Å². The summed E-state index contributed by atoms with van der Waals surface area (Å²) >= 11 is 0. The summed E-state index contributed by atoms with van der Waals surface area (Å²) in [5.41, 5.74) is 1.14. The van der Waals surface area contributed by atoms with Crippen molar-refractivity contribution in [2.24, 2.45) is 0 Å². The predicted octanol–water partition coefficient (Wildman–Crippen LogP) is 4.48. The first-order chi connectivity index (χ1) is 10.1. The normalized spacial score (nSPS) is 11.6. The molecular weight excluding hydrogens is 268 g/mol. The second-order valence-electron chi connectivity index (χ2n) is 5.21. The second kappa shape index (κ2) is 9.77. The fraction of sp³-hybridized carbons (Fsp3) is 0.647. The highest BCUT2D eigenvalue weighted by atomic mass is 17.3. The third kappa shape index (κ3) is 6.46. The van der Waals surface area contributed by atoms with Gasteiger partial charge in [-0.05, 0) is 24.5 Å². The molecule has 1 aromatic rings. The van der Waals surface area contributed by atoms with Gasteiger partial charge in [-0.3, -0.25) is 0 Å². The summed E-state index contributed by atoms with van der Waals surface area (Å²) in [5, 5.41) is 0. The highest BCUT2D eigenvalue weighted by molar-refractivity contribution is 5.32. The molecule has 21 heavy (non-hydrogen) atoms. The Morgan fingerprint density at radius 2 is 1.62 bits per heavy atom. The molecule has 0 aliphatic carbocycles. The molecule has 1 aromatic carbocycles. The van der Waals surface area contributed by atoms with Crippen molar-refractivity contribution < 1.29 is 19.2 Å². The molecule has 0 aromatic heterocycles. The Morgan fingerprint density at radius 1 is 0.952 bits per heavy atom. The lowest BCUT2D eigenvalue weighted by Gasteiger charge is -2.24. The van der Waals surface area contributed by atoms with Gasteiger partial charge in [-0.25, -0.2) is 0 Å². The maximum absolute atomic E-state index is 5.41. The van der Waals surface area contributed by atoms with Crippen molar-refractivity contribution in [3.63, 3.8) is 0 Å². The summed E-state index contributed by atoms with van der Waals surface area (Å²) in [5.74, 6) is -0.484. The summed E-state index contributed by atoms with van der Waals surface area (Å²) in [7, 11) is 3.01. The Morgan fingerprint density at radius 3 is 2.29 bits per heavy atom. The van der Waals surface area contributed by atoms with Crippen LogP contribution in [0.2, 0.25) is 0 Å². The Bertz CT molecular complexity index is 388. The molecule has 0 saturated carbocycles. The van der Waals surface area contributed by atoms with Crippen molar-refractivity contribution in [2.75, 3.05) is 14.2 Å². The number of hydrogen-bond acceptors (Lipinski definition) is 4. The van der Waals surface area contributed by atoms with Crippen LogP contribution in [0, 0.1) is 0 Å². The highest BCUT2D eigenvalue weighted by Crippen LogP contribution is 2.23. The van der Waals surface area contributed by atoms with Gasteiger partial charge in [0.25, 0.3) is 0 Å². The molecule has 0 fully saturated rings. The topological polar surface area (TPSA) is 36.9 Å². The van der Waals surface area contributed by atoms with Crippen LogP contribution in [0.5, 0.6) is 5.75 Å². The summed E-state index contributed by atoms with van der Waals surface area (Å²) in [6, 6.07) is 7.90. The molecule has 4 heteroatoms. The van der Waals surface area contributed by atoms with E-state index in [0.29, 0.717) is 5.75 Å². The van der Waals surface area contributed by atoms with E-state index < -0.39 is 5.97 Å². The minimum Gasteiger partial charge on any atom is -0.332 e. The van der Waals surface area contributed by atoms with E-state index in [-0.39, 0.29) is 0 Å². The number of ether oxygens (including phenoxy) is 2. The van der Waals surface area contributed by atoms with E-state index in [0.717, 1.165) is 18.4 Å².